The second-order valence-corrected chi connectivity index (χ2v) is 6.52. The topological polar surface area (TPSA) is 23.5 Å². The van der Waals surface area contributed by atoms with Crippen molar-refractivity contribution in [2.24, 2.45) is 11.8 Å². The van der Waals surface area contributed by atoms with Crippen molar-refractivity contribution in [1.29, 1.82) is 0 Å². The van der Waals surface area contributed by atoms with E-state index in [1.807, 2.05) is 0 Å². The molecular weight excluding hydrogens is 222 g/mol. The van der Waals surface area contributed by atoms with Crippen LogP contribution in [-0.4, -0.2) is 35.2 Å². The Balaban J connectivity index is 1.96. The molecule has 0 bridgehead atoms. The van der Waals surface area contributed by atoms with Crippen LogP contribution >= 0.6 is 0 Å². The van der Waals surface area contributed by atoms with Crippen LogP contribution in [0.5, 0.6) is 0 Å². The van der Waals surface area contributed by atoms with Crippen LogP contribution in [0.3, 0.4) is 0 Å². The van der Waals surface area contributed by atoms with Crippen molar-refractivity contribution in [2.75, 3.05) is 13.1 Å². The molecule has 2 heteroatoms. The van der Waals surface area contributed by atoms with E-state index in [-0.39, 0.29) is 6.10 Å². The molecule has 0 aromatic rings. The Morgan fingerprint density at radius 1 is 1.06 bits per heavy atom. The van der Waals surface area contributed by atoms with Crippen molar-refractivity contribution in [3.05, 3.63) is 0 Å². The summed E-state index contributed by atoms with van der Waals surface area (Å²) in [6, 6.07) is 0.661. The van der Waals surface area contributed by atoms with Crippen LogP contribution in [-0.2, 0) is 0 Å². The third kappa shape index (κ3) is 3.96. The highest BCUT2D eigenvalue weighted by atomic mass is 16.3. The molecule has 2 rings (SSSR count). The summed E-state index contributed by atoms with van der Waals surface area (Å²) in [6.07, 6.45) is 10.0. The highest BCUT2D eigenvalue weighted by molar-refractivity contribution is 4.89. The molecule has 0 aliphatic heterocycles. The van der Waals surface area contributed by atoms with Crippen molar-refractivity contribution in [3.8, 4) is 0 Å². The van der Waals surface area contributed by atoms with Gasteiger partial charge in [0, 0.05) is 12.6 Å². The fraction of sp³-hybridized carbons (Fsp3) is 1.00. The second kappa shape index (κ2) is 6.91. The normalized spacial score (nSPS) is 33.0. The number of aliphatic hydroxyl groups is 1. The summed E-state index contributed by atoms with van der Waals surface area (Å²) >= 11 is 0. The Labute approximate surface area is 113 Å². The van der Waals surface area contributed by atoms with Crippen molar-refractivity contribution < 1.29 is 5.11 Å². The minimum atomic E-state index is -0.0401. The lowest BCUT2D eigenvalue weighted by molar-refractivity contribution is 0.0215. The van der Waals surface area contributed by atoms with Crippen LogP contribution in [0, 0.1) is 11.8 Å². The van der Waals surface area contributed by atoms with Crippen molar-refractivity contribution >= 4 is 0 Å². The van der Waals surface area contributed by atoms with Gasteiger partial charge >= 0.3 is 0 Å². The van der Waals surface area contributed by atoms with E-state index in [1.54, 1.807) is 0 Å². The molecule has 3 atom stereocenters. The first-order chi connectivity index (χ1) is 8.74. The second-order valence-electron chi connectivity index (χ2n) is 6.52. The lowest BCUT2D eigenvalue weighted by Crippen LogP contribution is -2.47. The standard InChI is InChI=1S/C16H31NO/c1-3-5-14-8-9-15(18)11-16(14)17(10-4-2)12-13-6-7-13/h13-16,18H,3-12H2,1-2H3. The van der Waals surface area contributed by atoms with Gasteiger partial charge in [-0.25, -0.2) is 0 Å². The Kier molecular flexibility index (Phi) is 5.50. The van der Waals surface area contributed by atoms with Gasteiger partial charge in [-0.05, 0) is 63.3 Å². The minimum absolute atomic E-state index is 0.0401. The van der Waals surface area contributed by atoms with Gasteiger partial charge in [-0.3, -0.25) is 4.90 Å². The largest absolute Gasteiger partial charge is 0.393 e. The highest BCUT2D eigenvalue weighted by Crippen LogP contribution is 2.36. The molecule has 0 aromatic heterocycles. The molecule has 2 saturated carbocycles. The summed E-state index contributed by atoms with van der Waals surface area (Å²) in [6.45, 7) is 7.11. The third-order valence-corrected chi connectivity index (χ3v) is 4.76. The van der Waals surface area contributed by atoms with Gasteiger partial charge in [-0.2, -0.15) is 0 Å². The van der Waals surface area contributed by atoms with Gasteiger partial charge in [0.15, 0.2) is 0 Å². The molecule has 1 N–H and O–H groups in total. The maximum atomic E-state index is 10.0. The first kappa shape index (κ1) is 14.3. The molecule has 3 unspecified atom stereocenters. The summed E-state index contributed by atoms with van der Waals surface area (Å²) in [5.41, 5.74) is 0. The molecule has 0 radical (unpaired) electrons. The molecule has 0 spiro atoms. The number of nitrogens with zero attached hydrogens (tertiary/aromatic N) is 1. The van der Waals surface area contributed by atoms with Crippen LogP contribution < -0.4 is 0 Å². The third-order valence-electron chi connectivity index (χ3n) is 4.76. The lowest BCUT2D eigenvalue weighted by atomic mass is 9.79. The lowest BCUT2D eigenvalue weighted by Gasteiger charge is -2.42. The van der Waals surface area contributed by atoms with E-state index in [9.17, 15) is 5.11 Å². The SMILES string of the molecule is CCCC1CCC(O)CC1N(CCC)CC1CC1. The minimum Gasteiger partial charge on any atom is -0.393 e. The maximum Gasteiger partial charge on any atom is 0.0555 e. The first-order valence-electron chi connectivity index (χ1n) is 8.16. The number of aliphatic hydroxyl groups excluding tert-OH is 1. The highest BCUT2D eigenvalue weighted by Gasteiger charge is 2.35. The Hall–Kier alpha value is -0.0800. The van der Waals surface area contributed by atoms with Gasteiger partial charge in [0.2, 0.25) is 0 Å². The zero-order chi connectivity index (χ0) is 13.0. The fourth-order valence-corrected chi connectivity index (χ4v) is 3.65. The van der Waals surface area contributed by atoms with E-state index < -0.39 is 0 Å². The Bertz CT molecular complexity index is 239. The summed E-state index contributed by atoms with van der Waals surface area (Å²) in [5.74, 6) is 1.81. The van der Waals surface area contributed by atoms with Crippen molar-refractivity contribution in [3.63, 3.8) is 0 Å². The Morgan fingerprint density at radius 3 is 2.44 bits per heavy atom. The number of hydrogen-bond acceptors (Lipinski definition) is 2. The number of rotatable bonds is 7. The molecule has 0 aromatic carbocycles. The fourth-order valence-electron chi connectivity index (χ4n) is 3.65. The van der Waals surface area contributed by atoms with E-state index in [2.05, 4.69) is 18.7 Å². The molecule has 2 aliphatic rings. The monoisotopic (exact) mass is 253 g/mol. The molecular formula is C16H31NO. The molecule has 0 saturated heterocycles. The Morgan fingerprint density at radius 2 is 1.83 bits per heavy atom. The van der Waals surface area contributed by atoms with Gasteiger partial charge in [0.25, 0.3) is 0 Å². The molecule has 2 aliphatic carbocycles. The van der Waals surface area contributed by atoms with E-state index >= 15 is 0 Å². The van der Waals surface area contributed by atoms with Gasteiger partial charge in [0.05, 0.1) is 6.10 Å². The average molecular weight is 253 g/mol. The van der Waals surface area contributed by atoms with Gasteiger partial charge < -0.3 is 5.11 Å². The molecule has 2 fully saturated rings. The average Bonchev–Trinajstić information content (AvgIpc) is 3.15. The van der Waals surface area contributed by atoms with Gasteiger partial charge in [-0.15, -0.1) is 0 Å². The number of hydrogen-bond donors (Lipinski definition) is 1. The van der Waals surface area contributed by atoms with Crippen LogP contribution in [0.1, 0.15) is 65.2 Å². The quantitative estimate of drug-likeness (QED) is 0.751. The van der Waals surface area contributed by atoms with E-state index in [0.29, 0.717) is 6.04 Å². The van der Waals surface area contributed by atoms with E-state index in [1.165, 1.54) is 51.6 Å². The molecule has 18 heavy (non-hydrogen) atoms. The summed E-state index contributed by atoms with van der Waals surface area (Å²) in [7, 11) is 0. The van der Waals surface area contributed by atoms with Crippen LogP contribution in [0.4, 0.5) is 0 Å². The zero-order valence-electron chi connectivity index (χ0n) is 12.3. The van der Waals surface area contributed by atoms with Crippen LogP contribution in [0.15, 0.2) is 0 Å². The van der Waals surface area contributed by atoms with E-state index in [4.69, 9.17) is 0 Å². The zero-order valence-corrected chi connectivity index (χ0v) is 12.3. The summed E-state index contributed by atoms with van der Waals surface area (Å²) in [4.78, 5) is 2.72. The maximum absolute atomic E-state index is 10.0. The van der Waals surface area contributed by atoms with Crippen LogP contribution in [0.25, 0.3) is 0 Å². The molecule has 2 nitrogen and oxygen atoms in total. The first-order valence-corrected chi connectivity index (χ1v) is 8.16. The smallest absolute Gasteiger partial charge is 0.0555 e. The van der Waals surface area contributed by atoms with Crippen molar-refractivity contribution in [1.82, 2.24) is 4.90 Å². The summed E-state index contributed by atoms with van der Waals surface area (Å²) in [5, 5.41) is 10.0. The van der Waals surface area contributed by atoms with Crippen molar-refractivity contribution in [2.45, 2.75) is 77.4 Å². The molecule has 0 heterocycles. The molecule has 0 amide bonds. The van der Waals surface area contributed by atoms with Crippen LogP contribution in [0.2, 0.25) is 0 Å². The molecule has 106 valence electrons. The van der Waals surface area contributed by atoms with Gasteiger partial charge in [0.1, 0.15) is 0 Å². The predicted molar refractivity (Wildman–Crippen MR) is 76.6 cm³/mol. The van der Waals surface area contributed by atoms with Gasteiger partial charge in [-0.1, -0.05) is 20.3 Å². The summed E-state index contributed by atoms with van der Waals surface area (Å²) < 4.78 is 0. The van der Waals surface area contributed by atoms with E-state index in [0.717, 1.165) is 24.7 Å². The predicted octanol–water partition coefficient (Wildman–Crippen LogP) is 3.44.